The molecule has 3 nitrogen and oxygen atoms in total. The fourth-order valence-corrected chi connectivity index (χ4v) is 1.42. The Hall–Kier alpha value is -1.87. The number of hydrogen-bond donors (Lipinski definition) is 2. The van der Waals surface area contributed by atoms with Crippen molar-refractivity contribution >= 4 is 5.82 Å². The van der Waals surface area contributed by atoms with Gasteiger partial charge in [0.15, 0.2) is 0 Å². The maximum Gasteiger partial charge on any atom is 0.124 e. The number of aromatic nitrogens is 1. The molecule has 0 radical (unpaired) electrons. The quantitative estimate of drug-likeness (QED) is 0.775. The Morgan fingerprint density at radius 3 is 2.33 bits per heavy atom. The summed E-state index contributed by atoms with van der Waals surface area (Å²) < 4.78 is 0. The minimum atomic E-state index is 0.537. The molecule has 15 heavy (non-hydrogen) atoms. The summed E-state index contributed by atoms with van der Waals surface area (Å²) in [6.45, 7) is 0.560. The number of nitrogen functional groups attached to an aromatic ring is 1. The number of nitrogens with zero attached hydrogens (tertiary/aromatic N) is 1. The molecule has 0 aliphatic heterocycles. The van der Waals surface area contributed by atoms with Gasteiger partial charge in [0.1, 0.15) is 5.82 Å². The molecule has 0 saturated carbocycles. The van der Waals surface area contributed by atoms with Gasteiger partial charge in [-0.1, -0.05) is 30.3 Å². The van der Waals surface area contributed by atoms with E-state index in [1.54, 1.807) is 6.07 Å². The zero-order valence-electron chi connectivity index (χ0n) is 8.35. The molecule has 0 atom stereocenters. The summed E-state index contributed by atoms with van der Waals surface area (Å²) in [4.78, 5) is 4.25. The summed E-state index contributed by atoms with van der Waals surface area (Å²) in [5.74, 6) is 0.537. The van der Waals surface area contributed by atoms with Gasteiger partial charge in [0.25, 0.3) is 0 Å². The highest BCUT2D eigenvalue weighted by Gasteiger charge is 1.99. The Labute approximate surface area is 88.8 Å². The fourth-order valence-electron chi connectivity index (χ4n) is 1.42. The molecule has 0 bridgehead atoms. The lowest BCUT2D eigenvalue weighted by Crippen LogP contribution is -1.96. The molecule has 0 saturated heterocycles. The van der Waals surface area contributed by atoms with E-state index < -0.39 is 0 Å². The number of nitrogens with two attached hydrogens (primary N) is 2. The van der Waals surface area contributed by atoms with E-state index >= 15 is 0 Å². The first-order valence-corrected chi connectivity index (χ1v) is 4.81. The van der Waals surface area contributed by atoms with E-state index in [9.17, 15) is 0 Å². The lowest BCUT2D eigenvalue weighted by atomic mass is 10.1. The highest BCUT2D eigenvalue weighted by Crippen LogP contribution is 2.18. The van der Waals surface area contributed by atoms with Gasteiger partial charge in [-0.2, -0.15) is 0 Å². The van der Waals surface area contributed by atoms with Crippen LogP contribution >= 0.6 is 0 Å². The maximum absolute atomic E-state index is 5.62. The van der Waals surface area contributed by atoms with Crippen molar-refractivity contribution in [2.45, 2.75) is 6.54 Å². The van der Waals surface area contributed by atoms with Gasteiger partial charge >= 0.3 is 0 Å². The van der Waals surface area contributed by atoms with Crippen LogP contribution in [0.25, 0.3) is 11.3 Å². The normalized spacial score (nSPS) is 10.2. The number of benzene rings is 1. The molecule has 3 heteroatoms. The fraction of sp³-hybridized carbons (Fsp3) is 0.0833. The molecule has 1 heterocycles. The Morgan fingerprint density at radius 1 is 1.00 bits per heavy atom. The highest BCUT2D eigenvalue weighted by atomic mass is 14.8. The molecule has 1 aromatic carbocycles. The van der Waals surface area contributed by atoms with Crippen molar-refractivity contribution in [3.63, 3.8) is 0 Å². The van der Waals surface area contributed by atoms with Gasteiger partial charge in [-0.25, -0.2) is 4.98 Å². The van der Waals surface area contributed by atoms with Gasteiger partial charge < -0.3 is 11.5 Å². The van der Waals surface area contributed by atoms with Crippen LogP contribution in [0.15, 0.2) is 42.5 Å². The van der Waals surface area contributed by atoms with Crippen molar-refractivity contribution in [2.75, 3.05) is 5.73 Å². The second-order valence-electron chi connectivity index (χ2n) is 3.35. The van der Waals surface area contributed by atoms with Crippen LogP contribution < -0.4 is 11.5 Å². The topological polar surface area (TPSA) is 64.9 Å². The van der Waals surface area contributed by atoms with E-state index in [0.29, 0.717) is 12.4 Å². The predicted octanol–water partition coefficient (Wildman–Crippen LogP) is 1.79. The molecule has 76 valence electrons. The number of hydrogen-bond acceptors (Lipinski definition) is 3. The lowest BCUT2D eigenvalue weighted by molar-refractivity contribution is 1.07. The number of anilines is 1. The standard InChI is InChI=1S/C12H13N3/c13-8-9-4-6-10(7-5-9)11-2-1-3-12(14)15-11/h1-7H,8,13H2,(H2,14,15). The molecule has 0 aliphatic carbocycles. The third kappa shape index (κ3) is 2.14. The van der Waals surface area contributed by atoms with Gasteiger partial charge in [-0.15, -0.1) is 0 Å². The van der Waals surface area contributed by atoms with E-state index in [1.165, 1.54) is 0 Å². The number of rotatable bonds is 2. The van der Waals surface area contributed by atoms with Crippen molar-refractivity contribution in [2.24, 2.45) is 5.73 Å². The molecule has 2 rings (SSSR count). The first-order chi connectivity index (χ1) is 7.29. The summed E-state index contributed by atoms with van der Waals surface area (Å²) in [6.07, 6.45) is 0. The highest BCUT2D eigenvalue weighted by molar-refractivity contribution is 5.61. The van der Waals surface area contributed by atoms with Crippen LogP contribution in [0.1, 0.15) is 5.56 Å². The summed E-state index contributed by atoms with van der Waals surface area (Å²) in [5.41, 5.74) is 14.2. The molecule has 0 aliphatic rings. The Bertz CT molecular complexity index is 449. The smallest absolute Gasteiger partial charge is 0.124 e. The van der Waals surface area contributed by atoms with Crippen molar-refractivity contribution < 1.29 is 0 Å². The summed E-state index contributed by atoms with van der Waals surface area (Å²) in [5, 5.41) is 0. The molecular weight excluding hydrogens is 186 g/mol. The van der Waals surface area contributed by atoms with Crippen LogP contribution in [-0.4, -0.2) is 4.98 Å². The maximum atomic E-state index is 5.62. The van der Waals surface area contributed by atoms with Crippen LogP contribution in [0.4, 0.5) is 5.82 Å². The zero-order valence-corrected chi connectivity index (χ0v) is 8.35. The van der Waals surface area contributed by atoms with E-state index in [4.69, 9.17) is 11.5 Å². The molecule has 2 aromatic rings. The van der Waals surface area contributed by atoms with Crippen LogP contribution in [-0.2, 0) is 6.54 Å². The molecule has 4 N–H and O–H groups in total. The van der Waals surface area contributed by atoms with Gasteiger partial charge in [0.05, 0.1) is 5.69 Å². The first kappa shape index (κ1) is 9.68. The summed E-state index contributed by atoms with van der Waals surface area (Å²) >= 11 is 0. The summed E-state index contributed by atoms with van der Waals surface area (Å²) in [6, 6.07) is 13.6. The molecule has 0 amide bonds. The minimum absolute atomic E-state index is 0.537. The van der Waals surface area contributed by atoms with Gasteiger partial charge in [0, 0.05) is 12.1 Å². The monoisotopic (exact) mass is 199 g/mol. The van der Waals surface area contributed by atoms with E-state index in [-0.39, 0.29) is 0 Å². The van der Waals surface area contributed by atoms with Crippen molar-refractivity contribution in [3.05, 3.63) is 48.0 Å². The SMILES string of the molecule is NCc1ccc(-c2cccc(N)n2)cc1. The van der Waals surface area contributed by atoms with Gasteiger partial charge in [-0.3, -0.25) is 0 Å². The van der Waals surface area contributed by atoms with Crippen LogP contribution in [0.2, 0.25) is 0 Å². The Balaban J connectivity index is 2.37. The average molecular weight is 199 g/mol. The van der Waals surface area contributed by atoms with E-state index in [0.717, 1.165) is 16.8 Å². The van der Waals surface area contributed by atoms with E-state index in [1.807, 2.05) is 36.4 Å². The third-order valence-corrected chi connectivity index (χ3v) is 2.26. The lowest BCUT2D eigenvalue weighted by Gasteiger charge is -2.02. The van der Waals surface area contributed by atoms with Crippen LogP contribution in [0.3, 0.4) is 0 Å². The first-order valence-electron chi connectivity index (χ1n) is 4.81. The van der Waals surface area contributed by atoms with Gasteiger partial charge in [0.2, 0.25) is 0 Å². The molecular formula is C12H13N3. The largest absolute Gasteiger partial charge is 0.384 e. The molecule has 1 aromatic heterocycles. The third-order valence-electron chi connectivity index (χ3n) is 2.26. The summed E-state index contributed by atoms with van der Waals surface area (Å²) in [7, 11) is 0. The second-order valence-corrected chi connectivity index (χ2v) is 3.35. The Morgan fingerprint density at radius 2 is 1.73 bits per heavy atom. The average Bonchev–Trinajstić information content (AvgIpc) is 2.29. The van der Waals surface area contributed by atoms with Gasteiger partial charge in [-0.05, 0) is 17.7 Å². The zero-order chi connectivity index (χ0) is 10.7. The van der Waals surface area contributed by atoms with E-state index in [2.05, 4.69) is 4.98 Å². The Kier molecular flexibility index (Phi) is 2.65. The van der Waals surface area contributed by atoms with Crippen LogP contribution in [0.5, 0.6) is 0 Å². The van der Waals surface area contributed by atoms with Crippen molar-refractivity contribution in [1.29, 1.82) is 0 Å². The predicted molar refractivity (Wildman–Crippen MR) is 62.0 cm³/mol. The second kappa shape index (κ2) is 4.11. The van der Waals surface area contributed by atoms with Crippen molar-refractivity contribution in [1.82, 2.24) is 4.98 Å². The molecule has 0 fully saturated rings. The number of pyridine rings is 1. The van der Waals surface area contributed by atoms with Crippen LogP contribution in [0, 0.1) is 0 Å². The molecule has 0 spiro atoms. The minimum Gasteiger partial charge on any atom is -0.384 e. The van der Waals surface area contributed by atoms with Crippen molar-refractivity contribution in [3.8, 4) is 11.3 Å². The molecule has 0 unspecified atom stereocenters.